The number of aromatic nitrogens is 2. The highest BCUT2D eigenvalue weighted by atomic mass is 15.1. The van der Waals surface area contributed by atoms with Crippen molar-refractivity contribution in [1.29, 1.82) is 0 Å². The number of nitrogens with zero attached hydrogens (tertiary/aromatic N) is 2. The summed E-state index contributed by atoms with van der Waals surface area (Å²) in [5, 5.41) is 6.47. The monoisotopic (exact) mass is 222 g/mol. The first-order chi connectivity index (χ1) is 7.65. The second-order valence-electron chi connectivity index (χ2n) is 4.14. The Labute approximate surface area is 97.9 Å². The summed E-state index contributed by atoms with van der Waals surface area (Å²) in [7, 11) is 0. The Morgan fingerprint density at radius 3 is 2.62 bits per heavy atom. The highest BCUT2D eigenvalue weighted by molar-refractivity contribution is 5.42. The third kappa shape index (κ3) is 4.04. The first kappa shape index (κ1) is 12.7. The number of aryl methyl sites for hydroxylation is 1. The normalized spacial score (nSPS) is 12.2. The average molecular weight is 222 g/mol. The van der Waals surface area contributed by atoms with Gasteiger partial charge in [-0.2, -0.15) is 4.98 Å². The molecule has 1 atom stereocenters. The van der Waals surface area contributed by atoms with Gasteiger partial charge in [-0.05, 0) is 19.8 Å². The Morgan fingerprint density at radius 2 is 2.00 bits per heavy atom. The lowest BCUT2D eigenvalue weighted by molar-refractivity contribution is 0.592. The van der Waals surface area contributed by atoms with E-state index < -0.39 is 0 Å². The Balaban J connectivity index is 2.64. The van der Waals surface area contributed by atoms with Crippen molar-refractivity contribution in [2.75, 3.05) is 23.7 Å². The van der Waals surface area contributed by atoms with E-state index in [1.165, 1.54) is 6.42 Å². The molecule has 4 nitrogen and oxygen atoms in total. The van der Waals surface area contributed by atoms with Crippen LogP contribution in [0.4, 0.5) is 11.8 Å². The highest BCUT2D eigenvalue weighted by Gasteiger charge is 2.03. The molecule has 1 unspecified atom stereocenters. The van der Waals surface area contributed by atoms with E-state index in [1.54, 1.807) is 0 Å². The van der Waals surface area contributed by atoms with Crippen LogP contribution in [0.15, 0.2) is 6.07 Å². The molecule has 1 rings (SSSR count). The summed E-state index contributed by atoms with van der Waals surface area (Å²) < 4.78 is 0. The van der Waals surface area contributed by atoms with Crippen LogP contribution in [0.5, 0.6) is 0 Å². The van der Waals surface area contributed by atoms with Gasteiger partial charge in [0.15, 0.2) is 0 Å². The molecule has 0 bridgehead atoms. The van der Waals surface area contributed by atoms with Crippen LogP contribution in [0.25, 0.3) is 0 Å². The summed E-state index contributed by atoms with van der Waals surface area (Å²) in [5.41, 5.74) is 0.984. The van der Waals surface area contributed by atoms with Crippen LogP contribution in [-0.2, 0) is 0 Å². The zero-order valence-electron chi connectivity index (χ0n) is 10.7. The van der Waals surface area contributed by atoms with Crippen LogP contribution in [0, 0.1) is 12.8 Å². The number of hydrogen-bond acceptors (Lipinski definition) is 4. The van der Waals surface area contributed by atoms with Gasteiger partial charge in [0.05, 0.1) is 0 Å². The molecule has 0 saturated carbocycles. The summed E-state index contributed by atoms with van der Waals surface area (Å²) >= 11 is 0. The number of hydrogen-bond donors (Lipinski definition) is 2. The van der Waals surface area contributed by atoms with E-state index >= 15 is 0 Å². The van der Waals surface area contributed by atoms with Crippen LogP contribution in [-0.4, -0.2) is 23.1 Å². The topological polar surface area (TPSA) is 49.8 Å². The summed E-state index contributed by atoms with van der Waals surface area (Å²) in [4.78, 5) is 8.70. The Morgan fingerprint density at radius 1 is 1.25 bits per heavy atom. The van der Waals surface area contributed by atoms with Gasteiger partial charge in [-0.1, -0.05) is 20.3 Å². The van der Waals surface area contributed by atoms with Gasteiger partial charge in [0.2, 0.25) is 5.95 Å². The maximum Gasteiger partial charge on any atom is 0.224 e. The quantitative estimate of drug-likeness (QED) is 0.777. The molecule has 4 heteroatoms. The molecule has 0 amide bonds. The molecule has 0 aliphatic carbocycles. The van der Waals surface area contributed by atoms with E-state index in [9.17, 15) is 0 Å². The van der Waals surface area contributed by atoms with E-state index in [1.807, 2.05) is 19.9 Å². The molecule has 1 heterocycles. The van der Waals surface area contributed by atoms with Crippen LogP contribution < -0.4 is 10.6 Å². The van der Waals surface area contributed by atoms with Crippen molar-refractivity contribution in [3.05, 3.63) is 11.8 Å². The molecule has 0 fully saturated rings. The fraction of sp³-hybridized carbons (Fsp3) is 0.667. The largest absolute Gasteiger partial charge is 0.370 e. The molecule has 2 N–H and O–H groups in total. The molecule has 0 saturated heterocycles. The van der Waals surface area contributed by atoms with Gasteiger partial charge in [-0.3, -0.25) is 0 Å². The molecule has 0 aliphatic rings. The summed E-state index contributed by atoms with van der Waals surface area (Å²) in [5.74, 6) is 2.27. The minimum Gasteiger partial charge on any atom is -0.370 e. The Kier molecular flexibility index (Phi) is 5.02. The van der Waals surface area contributed by atoms with Crippen molar-refractivity contribution in [2.45, 2.75) is 34.1 Å². The second-order valence-corrected chi connectivity index (χ2v) is 4.14. The van der Waals surface area contributed by atoms with Gasteiger partial charge < -0.3 is 10.6 Å². The SMILES string of the molecule is CCNc1nc(C)cc(NCC(C)CC)n1. The minimum absolute atomic E-state index is 0.665. The number of nitrogens with one attached hydrogen (secondary N) is 2. The van der Waals surface area contributed by atoms with Gasteiger partial charge in [0.25, 0.3) is 0 Å². The van der Waals surface area contributed by atoms with E-state index in [2.05, 4.69) is 34.4 Å². The predicted molar refractivity (Wildman–Crippen MR) is 68.9 cm³/mol. The first-order valence-corrected chi connectivity index (χ1v) is 5.99. The lowest BCUT2D eigenvalue weighted by atomic mass is 10.1. The van der Waals surface area contributed by atoms with Crippen LogP contribution in [0.2, 0.25) is 0 Å². The fourth-order valence-corrected chi connectivity index (χ4v) is 1.32. The Hall–Kier alpha value is -1.32. The number of anilines is 2. The van der Waals surface area contributed by atoms with E-state index in [0.717, 1.165) is 24.6 Å². The third-order valence-corrected chi connectivity index (χ3v) is 2.52. The van der Waals surface area contributed by atoms with Crippen LogP contribution in [0.1, 0.15) is 32.9 Å². The van der Waals surface area contributed by atoms with Crippen molar-refractivity contribution in [1.82, 2.24) is 9.97 Å². The number of rotatable bonds is 6. The Bertz CT molecular complexity index is 325. The molecule has 0 aliphatic heterocycles. The van der Waals surface area contributed by atoms with Crippen molar-refractivity contribution >= 4 is 11.8 Å². The first-order valence-electron chi connectivity index (χ1n) is 5.99. The van der Waals surface area contributed by atoms with Gasteiger partial charge >= 0.3 is 0 Å². The van der Waals surface area contributed by atoms with Gasteiger partial charge in [0.1, 0.15) is 5.82 Å². The highest BCUT2D eigenvalue weighted by Crippen LogP contribution is 2.10. The minimum atomic E-state index is 0.665. The maximum atomic E-state index is 4.40. The predicted octanol–water partition coefficient (Wildman–Crippen LogP) is 2.67. The van der Waals surface area contributed by atoms with E-state index in [4.69, 9.17) is 0 Å². The van der Waals surface area contributed by atoms with Crippen molar-refractivity contribution in [2.24, 2.45) is 5.92 Å². The maximum absolute atomic E-state index is 4.40. The second kappa shape index (κ2) is 6.30. The molecule has 0 spiro atoms. The molecule has 16 heavy (non-hydrogen) atoms. The summed E-state index contributed by atoms with van der Waals surface area (Å²) in [6, 6.07) is 1.98. The molecule has 1 aromatic rings. The lowest BCUT2D eigenvalue weighted by Crippen LogP contribution is -2.13. The third-order valence-electron chi connectivity index (χ3n) is 2.52. The molecular formula is C12H22N4. The van der Waals surface area contributed by atoms with Crippen molar-refractivity contribution < 1.29 is 0 Å². The van der Waals surface area contributed by atoms with Gasteiger partial charge in [0, 0.05) is 24.8 Å². The smallest absolute Gasteiger partial charge is 0.224 e. The molecular weight excluding hydrogens is 200 g/mol. The zero-order valence-corrected chi connectivity index (χ0v) is 10.7. The van der Waals surface area contributed by atoms with E-state index in [0.29, 0.717) is 11.9 Å². The van der Waals surface area contributed by atoms with E-state index in [-0.39, 0.29) is 0 Å². The molecule has 0 aromatic carbocycles. The standard InChI is InChI=1S/C12H22N4/c1-5-9(3)8-14-11-7-10(4)15-12(16-11)13-6-2/h7,9H,5-6,8H2,1-4H3,(H2,13,14,15,16). The fourth-order valence-electron chi connectivity index (χ4n) is 1.32. The van der Waals surface area contributed by atoms with Crippen LogP contribution >= 0.6 is 0 Å². The lowest BCUT2D eigenvalue weighted by Gasteiger charge is -2.12. The zero-order chi connectivity index (χ0) is 12.0. The van der Waals surface area contributed by atoms with Crippen molar-refractivity contribution in [3.63, 3.8) is 0 Å². The van der Waals surface area contributed by atoms with Gasteiger partial charge in [-0.15, -0.1) is 0 Å². The van der Waals surface area contributed by atoms with Crippen LogP contribution in [0.3, 0.4) is 0 Å². The van der Waals surface area contributed by atoms with Gasteiger partial charge in [-0.25, -0.2) is 4.98 Å². The molecule has 1 aromatic heterocycles. The van der Waals surface area contributed by atoms with Crippen molar-refractivity contribution in [3.8, 4) is 0 Å². The summed E-state index contributed by atoms with van der Waals surface area (Å²) in [6.07, 6.45) is 1.18. The molecule has 0 radical (unpaired) electrons. The summed E-state index contributed by atoms with van der Waals surface area (Å²) in [6.45, 7) is 10.2. The molecule has 90 valence electrons. The average Bonchev–Trinajstić information content (AvgIpc) is 2.25.